The standard InChI is InChI=1S/C29H28N6O4/c1-37-20-11-8-18(9-12-20)14-15-31-29(36)25-26-28(34-22-7-5-4-6-21(22)33-26)35(27(25)30)32-17-19-10-13-23(38-2)24(16-19)39-3/h4-13,16-17H,14-15,30H2,1-3H3,(H,31,36). The molecule has 0 saturated heterocycles. The van der Waals surface area contributed by atoms with Gasteiger partial charge >= 0.3 is 0 Å². The summed E-state index contributed by atoms with van der Waals surface area (Å²) in [6.45, 7) is 0.410. The van der Waals surface area contributed by atoms with Crippen molar-refractivity contribution in [3.8, 4) is 17.2 Å². The molecule has 3 N–H and O–H groups in total. The maximum Gasteiger partial charge on any atom is 0.257 e. The minimum absolute atomic E-state index is 0.138. The summed E-state index contributed by atoms with van der Waals surface area (Å²) in [7, 11) is 4.77. The first kappa shape index (κ1) is 25.5. The van der Waals surface area contributed by atoms with Crippen LogP contribution >= 0.6 is 0 Å². The SMILES string of the molecule is COc1ccc(CCNC(=O)c2c(N)n(N=Cc3ccc(OC)c(OC)c3)c3nc4ccccc4nc23)cc1. The van der Waals surface area contributed by atoms with E-state index in [2.05, 4.69) is 10.4 Å². The molecule has 1 amide bonds. The first-order chi connectivity index (χ1) is 19.0. The molecule has 198 valence electrons. The molecule has 10 nitrogen and oxygen atoms in total. The van der Waals surface area contributed by atoms with Gasteiger partial charge in [0.2, 0.25) is 0 Å². The Bertz CT molecular complexity index is 1680. The van der Waals surface area contributed by atoms with Crippen LogP contribution in [0.3, 0.4) is 0 Å². The number of ether oxygens (including phenoxy) is 3. The van der Waals surface area contributed by atoms with E-state index in [4.69, 9.17) is 29.9 Å². The van der Waals surface area contributed by atoms with Crippen LogP contribution in [0.15, 0.2) is 71.8 Å². The molecule has 10 heteroatoms. The van der Waals surface area contributed by atoms with Crippen LogP contribution in [0.1, 0.15) is 21.5 Å². The van der Waals surface area contributed by atoms with E-state index in [-0.39, 0.29) is 17.3 Å². The number of hydrogen-bond donors (Lipinski definition) is 2. The molecule has 0 bridgehead atoms. The predicted octanol–water partition coefficient (Wildman–Crippen LogP) is 4.05. The molecular formula is C29H28N6O4. The van der Waals surface area contributed by atoms with Crippen LogP contribution in [0.2, 0.25) is 0 Å². The number of aromatic nitrogens is 3. The monoisotopic (exact) mass is 524 g/mol. The van der Waals surface area contributed by atoms with E-state index in [0.29, 0.717) is 46.7 Å². The maximum atomic E-state index is 13.4. The summed E-state index contributed by atoms with van der Waals surface area (Å²) in [4.78, 5) is 22.8. The van der Waals surface area contributed by atoms with Crippen molar-refractivity contribution < 1.29 is 19.0 Å². The first-order valence-electron chi connectivity index (χ1n) is 12.3. The number of anilines is 1. The highest BCUT2D eigenvalue weighted by atomic mass is 16.5. The van der Waals surface area contributed by atoms with Crippen LogP contribution in [0, 0.1) is 0 Å². The topological polar surface area (TPSA) is 126 Å². The molecule has 2 aromatic heterocycles. The molecule has 0 aliphatic rings. The van der Waals surface area contributed by atoms with Gasteiger partial charge in [0.1, 0.15) is 22.6 Å². The zero-order valence-corrected chi connectivity index (χ0v) is 21.8. The summed E-state index contributed by atoms with van der Waals surface area (Å²) in [6.07, 6.45) is 2.25. The van der Waals surface area contributed by atoms with Crippen LogP contribution < -0.4 is 25.3 Å². The van der Waals surface area contributed by atoms with Gasteiger partial charge in [-0.25, -0.2) is 9.97 Å². The van der Waals surface area contributed by atoms with Crippen LogP contribution in [0.4, 0.5) is 5.82 Å². The highest BCUT2D eigenvalue weighted by Crippen LogP contribution is 2.29. The summed E-state index contributed by atoms with van der Waals surface area (Å²) in [5.74, 6) is 1.73. The van der Waals surface area contributed by atoms with E-state index >= 15 is 0 Å². The summed E-state index contributed by atoms with van der Waals surface area (Å²) >= 11 is 0. The fourth-order valence-electron chi connectivity index (χ4n) is 4.25. The molecule has 0 spiro atoms. The van der Waals surface area contributed by atoms with Gasteiger partial charge in [-0.2, -0.15) is 9.78 Å². The largest absolute Gasteiger partial charge is 0.497 e. The molecule has 0 atom stereocenters. The summed E-state index contributed by atoms with van der Waals surface area (Å²) in [6, 6.07) is 20.5. The Balaban J connectivity index is 1.49. The van der Waals surface area contributed by atoms with Gasteiger partial charge in [0.25, 0.3) is 5.91 Å². The van der Waals surface area contributed by atoms with Crippen molar-refractivity contribution in [1.82, 2.24) is 20.0 Å². The Kier molecular flexibility index (Phi) is 7.26. The molecule has 3 aromatic carbocycles. The zero-order valence-electron chi connectivity index (χ0n) is 21.8. The van der Waals surface area contributed by atoms with E-state index in [1.54, 1.807) is 39.7 Å². The second-order valence-electron chi connectivity index (χ2n) is 8.67. The highest BCUT2D eigenvalue weighted by Gasteiger charge is 2.24. The van der Waals surface area contributed by atoms with E-state index in [9.17, 15) is 4.79 Å². The third-order valence-electron chi connectivity index (χ3n) is 6.29. The number of nitrogen functional groups attached to an aromatic ring is 1. The third kappa shape index (κ3) is 5.17. The molecule has 0 radical (unpaired) electrons. The van der Waals surface area contributed by atoms with Gasteiger partial charge in [-0.15, -0.1) is 0 Å². The van der Waals surface area contributed by atoms with Crippen LogP contribution in [0.25, 0.3) is 22.2 Å². The van der Waals surface area contributed by atoms with Gasteiger partial charge in [0.05, 0.1) is 38.6 Å². The Morgan fingerprint density at radius 2 is 1.67 bits per heavy atom. The smallest absolute Gasteiger partial charge is 0.257 e. The number of hydrogen-bond acceptors (Lipinski definition) is 8. The van der Waals surface area contributed by atoms with E-state index < -0.39 is 0 Å². The van der Waals surface area contributed by atoms with E-state index in [1.807, 2.05) is 54.6 Å². The van der Waals surface area contributed by atoms with Crippen LogP contribution in [-0.4, -0.2) is 54.6 Å². The van der Waals surface area contributed by atoms with Crippen molar-refractivity contribution in [2.24, 2.45) is 5.10 Å². The zero-order chi connectivity index (χ0) is 27.4. The van der Waals surface area contributed by atoms with Crippen molar-refractivity contribution in [2.45, 2.75) is 6.42 Å². The Morgan fingerprint density at radius 3 is 2.36 bits per heavy atom. The quantitative estimate of drug-likeness (QED) is 0.279. The summed E-state index contributed by atoms with van der Waals surface area (Å²) in [5, 5.41) is 7.52. The van der Waals surface area contributed by atoms with Crippen molar-refractivity contribution in [1.29, 1.82) is 0 Å². The summed E-state index contributed by atoms with van der Waals surface area (Å²) < 4.78 is 17.3. The molecule has 0 aliphatic carbocycles. The number of fused-ring (bicyclic) bond motifs is 2. The third-order valence-corrected chi connectivity index (χ3v) is 6.29. The molecule has 5 rings (SSSR count). The van der Waals surface area contributed by atoms with Gasteiger partial charge in [-0.05, 0) is 60.0 Å². The predicted molar refractivity (Wildman–Crippen MR) is 151 cm³/mol. The number of nitrogens with one attached hydrogen (secondary N) is 1. The average molecular weight is 525 g/mol. The van der Waals surface area contributed by atoms with E-state index in [1.165, 1.54) is 4.68 Å². The number of benzene rings is 3. The van der Waals surface area contributed by atoms with Crippen molar-refractivity contribution in [2.75, 3.05) is 33.6 Å². The minimum atomic E-state index is -0.351. The maximum absolute atomic E-state index is 13.4. The lowest BCUT2D eigenvalue weighted by Gasteiger charge is -2.07. The molecule has 0 saturated carbocycles. The minimum Gasteiger partial charge on any atom is -0.497 e. The van der Waals surface area contributed by atoms with Gasteiger partial charge < -0.3 is 25.3 Å². The lowest BCUT2D eigenvalue weighted by atomic mass is 10.1. The molecule has 0 aliphatic heterocycles. The number of methoxy groups -OCH3 is 3. The molecule has 0 unspecified atom stereocenters. The fraction of sp³-hybridized carbons (Fsp3) is 0.172. The molecule has 5 aromatic rings. The number of nitrogens with two attached hydrogens (primary N) is 1. The Labute approximate surface area is 225 Å². The van der Waals surface area contributed by atoms with Crippen LogP contribution in [-0.2, 0) is 6.42 Å². The highest BCUT2D eigenvalue weighted by molar-refractivity contribution is 6.10. The molecule has 2 heterocycles. The second-order valence-corrected chi connectivity index (χ2v) is 8.67. The fourth-order valence-corrected chi connectivity index (χ4v) is 4.25. The molecular weight excluding hydrogens is 496 g/mol. The van der Waals surface area contributed by atoms with Crippen molar-refractivity contribution in [3.05, 3.63) is 83.4 Å². The Morgan fingerprint density at radius 1 is 0.949 bits per heavy atom. The normalized spacial score (nSPS) is 11.3. The number of nitrogens with zero attached hydrogens (tertiary/aromatic N) is 4. The Hall–Kier alpha value is -5.12. The van der Waals surface area contributed by atoms with Crippen LogP contribution in [0.5, 0.6) is 17.2 Å². The first-order valence-corrected chi connectivity index (χ1v) is 12.3. The van der Waals surface area contributed by atoms with Crippen molar-refractivity contribution in [3.63, 3.8) is 0 Å². The summed E-state index contributed by atoms with van der Waals surface area (Å²) in [5.41, 5.74) is 10.6. The second kappa shape index (κ2) is 11.1. The van der Waals surface area contributed by atoms with Gasteiger partial charge in [0, 0.05) is 6.54 Å². The lowest BCUT2D eigenvalue weighted by Crippen LogP contribution is -2.26. The number of rotatable bonds is 9. The molecule has 39 heavy (non-hydrogen) atoms. The van der Waals surface area contributed by atoms with Gasteiger partial charge in [-0.1, -0.05) is 24.3 Å². The molecule has 0 fully saturated rings. The average Bonchev–Trinajstić information content (AvgIpc) is 3.24. The number of carbonyl (C=O) groups is 1. The van der Waals surface area contributed by atoms with Gasteiger partial charge in [0.15, 0.2) is 17.1 Å². The lowest BCUT2D eigenvalue weighted by molar-refractivity contribution is 0.0956. The van der Waals surface area contributed by atoms with E-state index in [0.717, 1.165) is 16.9 Å². The number of amides is 1. The number of carbonyl (C=O) groups excluding carboxylic acids is 1. The van der Waals surface area contributed by atoms with Crippen molar-refractivity contribution >= 4 is 40.1 Å². The number of para-hydroxylation sites is 2. The van der Waals surface area contributed by atoms with Gasteiger partial charge in [-0.3, -0.25) is 4.79 Å².